The first-order chi connectivity index (χ1) is 13.2. The third kappa shape index (κ3) is 3.22. The Morgan fingerprint density at radius 1 is 1.07 bits per heavy atom. The van der Waals surface area contributed by atoms with Gasteiger partial charge in [0.25, 0.3) is 5.56 Å². The van der Waals surface area contributed by atoms with Crippen LogP contribution in [0.3, 0.4) is 0 Å². The summed E-state index contributed by atoms with van der Waals surface area (Å²) in [5.41, 5.74) is 1.19. The van der Waals surface area contributed by atoms with Crippen molar-refractivity contribution in [2.24, 2.45) is 0 Å². The normalized spacial score (nSPS) is 20.6. The molecule has 0 radical (unpaired) electrons. The second-order valence-corrected chi connectivity index (χ2v) is 9.48. The van der Waals surface area contributed by atoms with E-state index in [1.165, 1.54) is 36.1 Å². The van der Waals surface area contributed by atoms with E-state index in [0.717, 1.165) is 55.2 Å². The molecule has 2 aromatic rings. The lowest BCUT2D eigenvalue weighted by atomic mass is 10.1. The average molecular weight is 386 g/mol. The zero-order chi connectivity index (χ0) is 18.4. The summed E-state index contributed by atoms with van der Waals surface area (Å²) in [7, 11) is 0. The Bertz CT molecular complexity index is 921. The number of aryl methyl sites for hydroxylation is 2. The van der Waals surface area contributed by atoms with Crippen LogP contribution in [0.15, 0.2) is 11.1 Å². The summed E-state index contributed by atoms with van der Waals surface area (Å²) in [4.78, 5) is 35.1. The van der Waals surface area contributed by atoms with E-state index in [0.29, 0.717) is 12.1 Å². The van der Waals surface area contributed by atoms with Crippen LogP contribution in [0.5, 0.6) is 0 Å². The standard InChI is InChI=1S/C21H27N3O2S/c25-18(24(15-10-11-15)14-6-4-5-7-14)12-23-13-22-20-19(21(23)26)16-8-2-1-3-9-17(16)27-20/h13-15H,1-12H2. The van der Waals surface area contributed by atoms with Crippen molar-refractivity contribution in [2.45, 2.75) is 89.3 Å². The van der Waals surface area contributed by atoms with Gasteiger partial charge in [-0.1, -0.05) is 19.3 Å². The molecule has 0 aromatic carbocycles. The summed E-state index contributed by atoms with van der Waals surface area (Å²) in [5, 5.41) is 0.783. The fourth-order valence-corrected chi connectivity index (χ4v) is 6.16. The Balaban J connectivity index is 1.46. The van der Waals surface area contributed by atoms with Crippen LogP contribution in [-0.4, -0.2) is 32.4 Å². The topological polar surface area (TPSA) is 55.2 Å². The maximum Gasteiger partial charge on any atom is 0.262 e. The lowest BCUT2D eigenvalue weighted by Crippen LogP contribution is -2.43. The van der Waals surface area contributed by atoms with Crippen molar-refractivity contribution < 1.29 is 4.79 Å². The number of hydrogen-bond acceptors (Lipinski definition) is 4. The highest BCUT2D eigenvalue weighted by molar-refractivity contribution is 7.18. The molecule has 0 spiro atoms. The van der Waals surface area contributed by atoms with Crippen molar-refractivity contribution in [1.82, 2.24) is 14.5 Å². The lowest BCUT2D eigenvalue weighted by molar-refractivity contribution is -0.134. The number of thiophene rings is 1. The summed E-state index contributed by atoms with van der Waals surface area (Å²) < 4.78 is 1.56. The molecule has 27 heavy (non-hydrogen) atoms. The number of rotatable bonds is 4. The highest BCUT2D eigenvalue weighted by atomic mass is 32.1. The summed E-state index contributed by atoms with van der Waals surface area (Å²) in [5.74, 6) is 0.106. The highest BCUT2D eigenvalue weighted by Crippen LogP contribution is 2.35. The quantitative estimate of drug-likeness (QED) is 0.755. The van der Waals surface area contributed by atoms with E-state index in [4.69, 9.17) is 0 Å². The molecular weight excluding hydrogens is 358 g/mol. The van der Waals surface area contributed by atoms with Gasteiger partial charge >= 0.3 is 0 Å². The molecule has 0 aliphatic heterocycles. The van der Waals surface area contributed by atoms with Crippen LogP contribution in [-0.2, 0) is 24.2 Å². The monoisotopic (exact) mass is 385 g/mol. The Kier molecular flexibility index (Phi) is 4.54. The number of hydrogen-bond donors (Lipinski definition) is 0. The van der Waals surface area contributed by atoms with Crippen molar-refractivity contribution >= 4 is 27.5 Å². The van der Waals surface area contributed by atoms with Crippen LogP contribution in [0.1, 0.15) is 68.2 Å². The minimum Gasteiger partial charge on any atom is -0.335 e. The van der Waals surface area contributed by atoms with Crippen LogP contribution in [0.2, 0.25) is 0 Å². The second kappa shape index (κ2) is 7.04. The van der Waals surface area contributed by atoms with Crippen molar-refractivity contribution in [3.63, 3.8) is 0 Å². The van der Waals surface area contributed by atoms with Crippen molar-refractivity contribution in [1.29, 1.82) is 0 Å². The molecule has 5 rings (SSSR count). The molecule has 3 aliphatic rings. The van der Waals surface area contributed by atoms with Crippen LogP contribution in [0.25, 0.3) is 10.2 Å². The Morgan fingerprint density at radius 3 is 2.59 bits per heavy atom. The van der Waals surface area contributed by atoms with Gasteiger partial charge < -0.3 is 4.90 Å². The van der Waals surface area contributed by atoms with Crippen molar-refractivity contribution in [2.75, 3.05) is 0 Å². The number of carbonyl (C=O) groups is 1. The van der Waals surface area contributed by atoms with Gasteiger partial charge in [0.05, 0.1) is 11.7 Å². The molecule has 5 nitrogen and oxygen atoms in total. The van der Waals surface area contributed by atoms with Crippen molar-refractivity contribution in [3.8, 4) is 0 Å². The Morgan fingerprint density at radius 2 is 1.81 bits per heavy atom. The summed E-state index contributed by atoms with van der Waals surface area (Å²) in [6, 6.07) is 0.792. The van der Waals surface area contributed by atoms with E-state index in [2.05, 4.69) is 9.88 Å². The number of amides is 1. The fraction of sp³-hybridized carbons (Fsp3) is 0.667. The van der Waals surface area contributed by atoms with E-state index < -0.39 is 0 Å². The van der Waals surface area contributed by atoms with E-state index in [-0.39, 0.29) is 18.0 Å². The van der Waals surface area contributed by atoms with Gasteiger partial charge in [0.1, 0.15) is 11.4 Å². The smallest absolute Gasteiger partial charge is 0.262 e. The molecule has 0 saturated heterocycles. The predicted molar refractivity (Wildman–Crippen MR) is 107 cm³/mol. The van der Waals surface area contributed by atoms with Gasteiger partial charge in [-0.05, 0) is 56.9 Å². The molecule has 6 heteroatoms. The minimum atomic E-state index is -0.0186. The number of carbonyl (C=O) groups excluding carboxylic acids is 1. The molecule has 2 heterocycles. The summed E-state index contributed by atoms with van der Waals surface area (Å²) >= 11 is 1.68. The maximum absolute atomic E-state index is 13.2. The predicted octanol–water partition coefficient (Wildman–Crippen LogP) is 3.66. The first-order valence-corrected chi connectivity index (χ1v) is 11.3. The van der Waals surface area contributed by atoms with Gasteiger partial charge in [-0.25, -0.2) is 4.98 Å². The van der Waals surface area contributed by atoms with Crippen LogP contribution < -0.4 is 5.56 Å². The lowest BCUT2D eigenvalue weighted by Gasteiger charge is -2.29. The molecule has 2 fully saturated rings. The molecule has 0 atom stereocenters. The summed E-state index contributed by atoms with van der Waals surface area (Å²) in [6.07, 6.45) is 14.1. The zero-order valence-electron chi connectivity index (χ0n) is 15.8. The molecule has 2 saturated carbocycles. The molecule has 3 aliphatic carbocycles. The Labute approximate surface area is 163 Å². The second-order valence-electron chi connectivity index (χ2n) is 8.39. The molecule has 2 aromatic heterocycles. The fourth-order valence-electron chi connectivity index (χ4n) is 4.94. The van der Waals surface area contributed by atoms with E-state index in [1.807, 2.05) is 0 Å². The highest BCUT2D eigenvalue weighted by Gasteiger charge is 2.38. The maximum atomic E-state index is 13.2. The summed E-state index contributed by atoms with van der Waals surface area (Å²) in [6.45, 7) is 0.138. The Hall–Kier alpha value is -1.69. The number of nitrogens with zero attached hydrogens (tertiary/aromatic N) is 3. The molecule has 144 valence electrons. The molecule has 0 unspecified atom stereocenters. The average Bonchev–Trinajstić information content (AvgIpc) is 3.29. The van der Waals surface area contributed by atoms with Crippen LogP contribution in [0.4, 0.5) is 0 Å². The SMILES string of the molecule is O=C(Cn1cnc2sc3c(c2c1=O)CCCCC3)N(C1CCCC1)C1CC1. The minimum absolute atomic E-state index is 0.0186. The van der Waals surface area contributed by atoms with Gasteiger partial charge in [0.2, 0.25) is 5.91 Å². The molecule has 0 bridgehead atoms. The van der Waals surface area contributed by atoms with Gasteiger partial charge in [-0.15, -0.1) is 11.3 Å². The third-order valence-corrected chi connectivity index (χ3v) is 7.64. The third-order valence-electron chi connectivity index (χ3n) is 6.44. The zero-order valence-corrected chi connectivity index (χ0v) is 16.6. The van der Waals surface area contributed by atoms with E-state index >= 15 is 0 Å². The van der Waals surface area contributed by atoms with Crippen molar-refractivity contribution in [3.05, 3.63) is 27.1 Å². The number of aromatic nitrogens is 2. The van der Waals surface area contributed by atoms with E-state index in [9.17, 15) is 9.59 Å². The van der Waals surface area contributed by atoms with Crippen LogP contribution in [0, 0.1) is 0 Å². The number of fused-ring (bicyclic) bond motifs is 3. The van der Waals surface area contributed by atoms with Crippen LogP contribution >= 0.6 is 11.3 Å². The largest absolute Gasteiger partial charge is 0.335 e. The van der Waals surface area contributed by atoms with Gasteiger partial charge in [0.15, 0.2) is 0 Å². The van der Waals surface area contributed by atoms with E-state index in [1.54, 1.807) is 22.2 Å². The van der Waals surface area contributed by atoms with Gasteiger partial charge in [-0.3, -0.25) is 14.2 Å². The molecular formula is C21H27N3O2S. The first kappa shape index (κ1) is 17.4. The van der Waals surface area contributed by atoms with Gasteiger partial charge in [-0.2, -0.15) is 0 Å². The molecule has 0 N–H and O–H groups in total. The van der Waals surface area contributed by atoms with Gasteiger partial charge in [0, 0.05) is 17.0 Å². The molecule has 1 amide bonds. The first-order valence-electron chi connectivity index (χ1n) is 10.5.